The maximum atomic E-state index is 8.66. The zero-order valence-corrected chi connectivity index (χ0v) is 6.76. The molecule has 3 nitrogen and oxygen atoms in total. The Bertz CT molecular complexity index is 351. The number of hydrogen-bond acceptors (Lipinski definition) is 3. The highest BCUT2D eigenvalue weighted by atomic mass is 15.4. The van der Waals surface area contributed by atoms with Crippen molar-refractivity contribution in [2.75, 3.05) is 5.43 Å². The van der Waals surface area contributed by atoms with Crippen LogP contribution in [-0.4, -0.2) is 0 Å². The lowest BCUT2D eigenvalue weighted by molar-refractivity contribution is 0.687. The maximum absolute atomic E-state index is 8.66. The monoisotopic (exact) mass is 159 g/mol. The van der Waals surface area contributed by atoms with E-state index in [0.29, 0.717) is 5.56 Å². The molecule has 0 amide bonds. The molecule has 0 saturated carbocycles. The molecule has 60 valence electrons. The number of nitriles is 1. The molecule has 0 spiro atoms. The van der Waals surface area contributed by atoms with Crippen molar-refractivity contribution in [1.82, 2.24) is 5.43 Å². The molecule has 0 radical (unpaired) electrons. The molecule has 2 N–H and O–H groups in total. The van der Waals surface area contributed by atoms with Crippen molar-refractivity contribution in [2.45, 2.75) is 13.0 Å². The van der Waals surface area contributed by atoms with E-state index in [-0.39, 0.29) is 6.04 Å². The van der Waals surface area contributed by atoms with E-state index in [1.807, 2.05) is 18.2 Å². The van der Waals surface area contributed by atoms with Gasteiger partial charge in [0, 0.05) is 0 Å². The molecule has 0 fully saturated rings. The molecule has 1 unspecified atom stereocenters. The van der Waals surface area contributed by atoms with Gasteiger partial charge in [-0.1, -0.05) is 0 Å². The summed E-state index contributed by atoms with van der Waals surface area (Å²) in [5.74, 6) is 0. The summed E-state index contributed by atoms with van der Waals surface area (Å²) in [7, 11) is 0. The molecule has 1 aliphatic heterocycles. The van der Waals surface area contributed by atoms with Gasteiger partial charge in [-0.15, -0.1) is 0 Å². The minimum absolute atomic E-state index is 0.285. The molecule has 1 aromatic carbocycles. The number of fused-ring (bicyclic) bond motifs is 1. The fraction of sp³-hybridized carbons (Fsp3) is 0.222. The van der Waals surface area contributed by atoms with Gasteiger partial charge in [0.05, 0.1) is 23.4 Å². The Morgan fingerprint density at radius 3 is 3.08 bits per heavy atom. The van der Waals surface area contributed by atoms with E-state index < -0.39 is 0 Å². The first-order chi connectivity index (χ1) is 5.81. The molecule has 2 rings (SSSR count). The Kier molecular flexibility index (Phi) is 1.49. The van der Waals surface area contributed by atoms with E-state index in [1.54, 1.807) is 0 Å². The van der Waals surface area contributed by atoms with Crippen LogP contribution in [-0.2, 0) is 0 Å². The Morgan fingerprint density at radius 2 is 2.33 bits per heavy atom. The van der Waals surface area contributed by atoms with Gasteiger partial charge >= 0.3 is 0 Å². The first kappa shape index (κ1) is 7.14. The third-order valence-corrected chi connectivity index (χ3v) is 2.07. The number of hydrazine groups is 1. The fourth-order valence-electron chi connectivity index (χ4n) is 1.37. The van der Waals surface area contributed by atoms with Crippen molar-refractivity contribution in [1.29, 1.82) is 5.26 Å². The highest BCUT2D eigenvalue weighted by Crippen LogP contribution is 2.28. The van der Waals surface area contributed by atoms with Gasteiger partial charge in [-0.05, 0) is 30.7 Å². The van der Waals surface area contributed by atoms with Crippen molar-refractivity contribution in [3.63, 3.8) is 0 Å². The van der Waals surface area contributed by atoms with Crippen LogP contribution in [0.5, 0.6) is 0 Å². The normalized spacial score (nSPS) is 19.5. The van der Waals surface area contributed by atoms with Crippen LogP contribution >= 0.6 is 0 Å². The Labute approximate surface area is 71.0 Å². The Morgan fingerprint density at radius 1 is 1.50 bits per heavy atom. The summed E-state index contributed by atoms with van der Waals surface area (Å²) in [4.78, 5) is 0. The van der Waals surface area contributed by atoms with Gasteiger partial charge in [-0.25, -0.2) is 5.43 Å². The van der Waals surface area contributed by atoms with E-state index in [1.165, 1.54) is 0 Å². The first-order valence-corrected chi connectivity index (χ1v) is 3.87. The molecule has 1 atom stereocenters. The predicted molar refractivity (Wildman–Crippen MR) is 46.3 cm³/mol. The average Bonchev–Trinajstić information content (AvgIpc) is 2.47. The second-order valence-electron chi connectivity index (χ2n) is 2.90. The topological polar surface area (TPSA) is 47.8 Å². The minimum Gasteiger partial charge on any atom is -0.321 e. The summed E-state index contributed by atoms with van der Waals surface area (Å²) in [6.07, 6.45) is 0. The zero-order chi connectivity index (χ0) is 8.55. The summed E-state index contributed by atoms with van der Waals surface area (Å²) in [5, 5.41) is 8.66. The molecule has 1 heterocycles. The summed E-state index contributed by atoms with van der Waals surface area (Å²) < 4.78 is 0. The smallest absolute Gasteiger partial charge is 0.0991 e. The van der Waals surface area contributed by atoms with Crippen LogP contribution in [0.4, 0.5) is 5.69 Å². The van der Waals surface area contributed by atoms with Gasteiger partial charge in [-0.2, -0.15) is 5.26 Å². The number of benzene rings is 1. The van der Waals surface area contributed by atoms with Crippen LogP contribution in [0.2, 0.25) is 0 Å². The van der Waals surface area contributed by atoms with Crippen molar-refractivity contribution in [3.05, 3.63) is 29.3 Å². The molecular weight excluding hydrogens is 150 g/mol. The second-order valence-corrected chi connectivity index (χ2v) is 2.90. The summed E-state index contributed by atoms with van der Waals surface area (Å²) in [5.41, 5.74) is 9.06. The molecule has 12 heavy (non-hydrogen) atoms. The lowest BCUT2D eigenvalue weighted by Crippen LogP contribution is -2.15. The van der Waals surface area contributed by atoms with Crippen molar-refractivity contribution >= 4 is 5.69 Å². The second kappa shape index (κ2) is 2.50. The third kappa shape index (κ3) is 0.936. The number of nitrogens with one attached hydrogen (secondary N) is 2. The van der Waals surface area contributed by atoms with Gasteiger partial charge in [0.2, 0.25) is 0 Å². The average molecular weight is 159 g/mol. The lowest BCUT2D eigenvalue weighted by atomic mass is 10.1. The SMILES string of the molecule is CC1NNc2ccc(C#N)cc21. The van der Waals surface area contributed by atoms with Crippen molar-refractivity contribution in [3.8, 4) is 6.07 Å². The minimum atomic E-state index is 0.285. The molecule has 3 heteroatoms. The molecule has 1 aliphatic rings. The van der Waals surface area contributed by atoms with E-state index in [0.717, 1.165) is 11.3 Å². The molecule has 0 aliphatic carbocycles. The van der Waals surface area contributed by atoms with E-state index in [4.69, 9.17) is 5.26 Å². The van der Waals surface area contributed by atoms with Crippen molar-refractivity contribution < 1.29 is 0 Å². The maximum Gasteiger partial charge on any atom is 0.0991 e. The lowest BCUT2D eigenvalue weighted by Gasteiger charge is -2.00. The van der Waals surface area contributed by atoms with Crippen LogP contribution in [0.3, 0.4) is 0 Å². The number of anilines is 1. The van der Waals surface area contributed by atoms with Gasteiger partial charge in [0.1, 0.15) is 0 Å². The zero-order valence-electron chi connectivity index (χ0n) is 6.76. The Hall–Kier alpha value is -1.53. The number of rotatable bonds is 0. The Balaban J connectivity index is 2.52. The van der Waals surface area contributed by atoms with Crippen LogP contribution in [0.1, 0.15) is 24.1 Å². The summed E-state index contributed by atoms with van der Waals surface area (Å²) in [6, 6.07) is 8.05. The van der Waals surface area contributed by atoms with Gasteiger partial charge in [-0.3, -0.25) is 0 Å². The van der Waals surface area contributed by atoms with Gasteiger partial charge in [0.25, 0.3) is 0 Å². The van der Waals surface area contributed by atoms with Crippen LogP contribution < -0.4 is 10.9 Å². The van der Waals surface area contributed by atoms with Crippen molar-refractivity contribution in [2.24, 2.45) is 0 Å². The van der Waals surface area contributed by atoms with E-state index in [9.17, 15) is 0 Å². The van der Waals surface area contributed by atoms with Crippen LogP contribution in [0, 0.1) is 11.3 Å². The summed E-state index contributed by atoms with van der Waals surface area (Å²) >= 11 is 0. The highest BCUT2D eigenvalue weighted by Gasteiger charge is 2.16. The van der Waals surface area contributed by atoms with E-state index in [2.05, 4.69) is 23.8 Å². The quantitative estimate of drug-likeness (QED) is 0.603. The highest BCUT2D eigenvalue weighted by molar-refractivity contribution is 5.58. The largest absolute Gasteiger partial charge is 0.321 e. The fourth-order valence-corrected chi connectivity index (χ4v) is 1.37. The van der Waals surface area contributed by atoms with Crippen LogP contribution in [0.15, 0.2) is 18.2 Å². The van der Waals surface area contributed by atoms with Gasteiger partial charge < -0.3 is 5.43 Å². The number of nitrogens with zero attached hydrogens (tertiary/aromatic N) is 1. The standard InChI is InChI=1S/C9H9N3/c1-6-8-4-7(5-10)2-3-9(8)12-11-6/h2-4,6,11-12H,1H3. The molecule has 0 saturated heterocycles. The molecular formula is C9H9N3. The molecule has 1 aromatic rings. The van der Waals surface area contributed by atoms with Crippen LogP contribution in [0.25, 0.3) is 0 Å². The van der Waals surface area contributed by atoms with E-state index >= 15 is 0 Å². The van der Waals surface area contributed by atoms with Gasteiger partial charge in [0.15, 0.2) is 0 Å². The first-order valence-electron chi connectivity index (χ1n) is 3.87. The number of hydrogen-bond donors (Lipinski definition) is 2. The molecule has 0 aromatic heterocycles. The predicted octanol–water partition coefficient (Wildman–Crippen LogP) is 1.55. The summed E-state index contributed by atoms with van der Waals surface area (Å²) in [6.45, 7) is 2.06. The molecule has 0 bridgehead atoms. The third-order valence-electron chi connectivity index (χ3n) is 2.07.